The number of hydrogen-bond acceptors (Lipinski definition) is 3. The Morgan fingerprint density at radius 2 is 2.12 bits per heavy atom. The fourth-order valence-electron chi connectivity index (χ4n) is 2.08. The number of nitrogens with one attached hydrogen (secondary N) is 1. The van der Waals surface area contributed by atoms with Gasteiger partial charge in [-0.2, -0.15) is 0 Å². The van der Waals surface area contributed by atoms with Crippen molar-refractivity contribution < 1.29 is 9.53 Å². The maximum atomic E-state index is 11.6. The number of ether oxygens (including phenoxy) is 1. The van der Waals surface area contributed by atoms with E-state index in [1.807, 2.05) is 0 Å². The van der Waals surface area contributed by atoms with Gasteiger partial charge in [0.1, 0.15) is 6.04 Å². The van der Waals surface area contributed by atoms with Gasteiger partial charge >= 0.3 is 0 Å². The van der Waals surface area contributed by atoms with Gasteiger partial charge in [0.2, 0.25) is 5.91 Å². The molecule has 0 aromatic heterocycles. The van der Waals surface area contributed by atoms with E-state index in [2.05, 4.69) is 12.2 Å². The van der Waals surface area contributed by atoms with Crippen LogP contribution in [-0.2, 0) is 9.53 Å². The van der Waals surface area contributed by atoms with E-state index in [1.54, 1.807) is 7.11 Å². The summed E-state index contributed by atoms with van der Waals surface area (Å²) in [6, 6.07) is -0.238. The van der Waals surface area contributed by atoms with Gasteiger partial charge in [0.25, 0.3) is 0 Å². The molecule has 1 fully saturated rings. The molecular weight excluding hydrogens is 228 g/mol. The van der Waals surface area contributed by atoms with Crippen molar-refractivity contribution in [3.05, 3.63) is 0 Å². The molecule has 0 aliphatic heterocycles. The van der Waals surface area contributed by atoms with Gasteiger partial charge in [0, 0.05) is 13.2 Å². The van der Waals surface area contributed by atoms with Crippen LogP contribution < -0.4 is 11.1 Å². The minimum absolute atomic E-state index is 0. The smallest absolute Gasteiger partial charge is 0.239 e. The molecular formula is C11H23ClN2O2. The minimum Gasteiger partial charge on any atom is -0.383 e. The summed E-state index contributed by atoms with van der Waals surface area (Å²) >= 11 is 0. The van der Waals surface area contributed by atoms with Gasteiger partial charge < -0.3 is 15.8 Å². The van der Waals surface area contributed by atoms with Crippen LogP contribution in [0.2, 0.25) is 0 Å². The summed E-state index contributed by atoms with van der Waals surface area (Å²) in [4.78, 5) is 11.6. The standard InChI is InChI=1S/C11H22N2O2.ClH/c1-8-5-3-4-6-10(8)13-11(14)9(12)7-15-2;/h8-10H,3-7,12H2,1-2H3,(H,13,14);1H. The van der Waals surface area contributed by atoms with Crippen molar-refractivity contribution in [2.24, 2.45) is 11.7 Å². The Morgan fingerprint density at radius 3 is 2.69 bits per heavy atom. The van der Waals surface area contributed by atoms with Gasteiger partial charge in [-0.05, 0) is 18.8 Å². The maximum Gasteiger partial charge on any atom is 0.239 e. The van der Waals surface area contributed by atoms with E-state index in [0.717, 1.165) is 6.42 Å². The molecule has 3 N–H and O–H groups in total. The summed E-state index contributed by atoms with van der Waals surface area (Å²) in [5, 5.41) is 3.01. The highest BCUT2D eigenvalue weighted by Crippen LogP contribution is 2.23. The first kappa shape index (κ1) is 15.7. The topological polar surface area (TPSA) is 64.3 Å². The van der Waals surface area contributed by atoms with E-state index >= 15 is 0 Å². The van der Waals surface area contributed by atoms with Crippen LogP contribution in [0.25, 0.3) is 0 Å². The summed E-state index contributed by atoms with van der Waals surface area (Å²) in [6.07, 6.45) is 4.75. The van der Waals surface area contributed by atoms with Gasteiger partial charge in [-0.15, -0.1) is 12.4 Å². The summed E-state index contributed by atoms with van der Waals surface area (Å²) in [7, 11) is 1.55. The van der Waals surface area contributed by atoms with Crippen molar-refractivity contribution >= 4 is 18.3 Å². The predicted molar refractivity (Wildman–Crippen MR) is 66.7 cm³/mol. The van der Waals surface area contributed by atoms with Crippen LogP contribution >= 0.6 is 12.4 Å². The van der Waals surface area contributed by atoms with Crippen molar-refractivity contribution in [2.45, 2.75) is 44.7 Å². The molecule has 3 unspecified atom stereocenters. The SMILES string of the molecule is COCC(N)C(=O)NC1CCCCC1C.Cl. The van der Waals surface area contributed by atoms with Crippen molar-refractivity contribution in [3.63, 3.8) is 0 Å². The number of carbonyl (C=O) groups excluding carboxylic acids is 1. The molecule has 1 aliphatic rings. The molecule has 1 rings (SSSR count). The second-order valence-electron chi connectivity index (χ2n) is 4.44. The largest absolute Gasteiger partial charge is 0.383 e. The summed E-state index contributed by atoms with van der Waals surface area (Å²) < 4.78 is 4.85. The molecule has 0 aromatic rings. The van der Waals surface area contributed by atoms with Crippen molar-refractivity contribution in [3.8, 4) is 0 Å². The van der Waals surface area contributed by atoms with E-state index in [4.69, 9.17) is 10.5 Å². The Bertz CT molecular complexity index is 214. The van der Waals surface area contributed by atoms with E-state index < -0.39 is 6.04 Å². The zero-order chi connectivity index (χ0) is 11.3. The zero-order valence-corrected chi connectivity index (χ0v) is 10.9. The van der Waals surface area contributed by atoms with E-state index in [-0.39, 0.29) is 24.9 Å². The monoisotopic (exact) mass is 250 g/mol. The first-order valence-electron chi connectivity index (χ1n) is 5.70. The molecule has 0 saturated heterocycles. The lowest BCUT2D eigenvalue weighted by Crippen LogP contribution is -2.50. The van der Waals surface area contributed by atoms with Crippen LogP contribution in [0, 0.1) is 5.92 Å². The number of hydrogen-bond donors (Lipinski definition) is 2. The third-order valence-electron chi connectivity index (χ3n) is 3.12. The van der Waals surface area contributed by atoms with Crippen LogP contribution in [0.1, 0.15) is 32.6 Å². The van der Waals surface area contributed by atoms with Crippen molar-refractivity contribution in [1.82, 2.24) is 5.32 Å². The Hall–Kier alpha value is -0.320. The summed E-state index contributed by atoms with van der Waals surface area (Å²) in [6.45, 7) is 2.47. The highest BCUT2D eigenvalue weighted by Gasteiger charge is 2.24. The lowest BCUT2D eigenvalue weighted by Gasteiger charge is -2.30. The number of rotatable bonds is 4. The lowest BCUT2D eigenvalue weighted by atomic mass is 9.86. The number of nitrogens with two attached hydrogens (primary N) is 1. The molecule has 1 saturated carbocycles. The summed E-state index contributed by atoms with van der Waals surface area (Å²) in [5.74, 6) is 0.480. The molecule has 0 heterocycles. The second kappa shape index (κ2) is 7.87. The molecule has 4 nitrogen and oxygen atoms in total. The molecule has 1 aliphatic carbocycles. The molecule has 96 valence electrons. The second-order valence-corrected chi connectivity index (χ2v) is 4.44. The predicted octanol–water partition coefficient (Wildman–Crippen LogP) is 1.08. The Morgan fingerprint density at radius 1 is 1.50 bits per heavy atom. The normalized spacial score (nSPS) is 26.7. The average molecular weight is 251 g/mol. The Kier molecular flexibility index (Phi) is 7.72. The third-order valence-corrected chi connectivity index (χ3v) is 3.12. The van der Waals surface area contributed by atoms with Gasteiger partial charge in [-0.1, -0.05) is 19.8 Å². The Balaban J connectivity index is 0.00000225. The maximum absolute atomic E-state index is 11.6. The van der Waals surface area contributed by atoms with Crippen molar-refractivity contribution in [2.75, 3.05) is 13.7 Å². The van der Waals surface area contributed by atoms with Crippen LogP contribution in [0.15, 0.2) is 0 Å². The average Bonchev–Trinajstić information content (AvgIpc) is 2.21. The molecule has 0 radical (unpaired) electrons. The van der Waals surface area contributed by atoms with Gasteiger partial charge in [0.15, 0.2) is 0 Å². The van der Waals surface area contributed by atoms with Crippen molar-refractivity contribution in [1.29, 1.82) is 0 Å². The molecule has 16 heavy (non-hydrogen) atoms. The van der Waals surface area contributed by atoms with Crippen LogP contribution in [0.4, 0.5) is 0 Å². The first-order chi connectivity index (χ1) is 7.15. The molecule has 0 aromatic carbocycles. The number of methoxy groups -OCH3 is 1. The van der Waals surface area contributed by atoms with E-state index in [1.165, 1.54) is 19.3 Å². The van der Waals surface area contributed by atoms with Crippen LogP contribution in [-0.4, -0.2) is 31.7 Å². The molecule has 0 spiro atoms. The molecule has 1 amide bonds. The van der Waals surface area contributed by atoms with E-state index in [0.29, 0.717) is 12.0 Å². The first-order valence-corrected chi connectivity index (χ1v) is 5.70. The number of amides is 1. The number of carbonyl (C=O) groups is 1. The number of halogens is 1. The lowest BCUT2D eigenvalue weighted by molar-refractivity contribution is -0.124. The Labute approximate surface area is 104 Å². The van der Waals surface area contributed by atoms with Gasteiger partial charge in [-0.25, -0.2) is 0 Å². The molecule has 0 bridgehead atoms. The third kappa shape index (κ3) is 4.68. The highest BCUT2D eigenvalue weighted by molar-refractivity contribution is 5.85. The fraction of sp³-hybridized carbons (Fsp3) is 0.909. The fourth-order valence-corrected chi connectivity index (χ4v) is 2.08. The zero-order valence-electron chi connectivity index (χ0n) is 10.1. The summed E-state index contributed by atoms with van der Waals surface area (Å²) in [5.41, 5.74) is 5.65. The van der Waals surface area contributed by atoms with Crippen LogP contribution in [0.3, 0.4) is 0 Å². The highest BCUT2D eigenvalue weighted by atomic mass is 35.5. The quantitative estimate of drug-likeness (QED) is 0.785. The van der Waals surface area contributed by atoms with Gasteiger partial charge in [-0.3, -0.25) is 4.79 Å². The molecule has 3 atom stereocenters. The van der Waals surface area contributed by atoms with Gasteiger partial charge in [0.05, 0.1) is 6.61 Å². The minimum atomic E-state index is -0.538. The van der Waals surface area contributed by atoms with E-state index in [9.17, 15) is 4.79 Å². The molecule has 5 heteroatoms. The van der Waals surface area contributed by atoms with Crippen LogP contribution in [0.5, 0.6) is 0 Å².